The Kier molecular flexibility index (Phi) is 6.17. The lowest BCUT2D eigenvalue weighted by molar-refractivity contribution is -0.117. The number of carbonyl (C=O) groups excluding carboxylic acids is 1. The molecule has 0 unspecified atom stereocenters. The van der Waals surface area contributed by atoms with Crippen molar-refractivity contribution < 1.29 is 27.1 Å². The van der Waals surface area contributed by atoms with E-state index in [2.05, 4.69) is 4.99 Å². The highest BCUT2D eigenvalue weighted by Crippen LogP contribution is 2.41. The summed E-state index contributed by atoms with van der Waals surface area (Å²) in [5, 5.41) is 0.139. The minimum atomic E-state index is -3.20. The van der Waals surface area contributed by atoms with Gasteiger partial charge in [0.2, 0.25) is 0 Å². The predicted octanol–water partition coefficient (Wildman–Crippen LogP) is 3.00. The van der Waals surface area contributed by atoms with Gasteiger partial charge in [0.05, 0.1) is 38.2 Å². The van der Waals surface area contributed by atoms with E-state index in [0.717, 1.165) is 0 Å². The monoisotopic (exact) mass is 478 g/mol. The summed E-state index contributed by atoms with van der Waals surface area (Å²) in [6, 6.07) is 9.52. The Morgan fingerprint density at radius 2 is 1.91 bits per heavy atom. The highest BCUT2D eigenvalue weighted by atomic mass is 32.2. The number of rotatable bonds is 5. The van der Waals surface area contributed by atoms with E-state index in [9.17, 15) is 17.6 Å². The molecule has 0 N–H and O–H groups in total. The number of thioether (sulfide) groups is 1. The molecule has 1 amide bonds. The number of hydrogen-bond acceptors (Lipinski definition) is 6. The molecule has 0 radical (unpaired) electrons. The second-order valence-corrected chi connectivity index (χ2v) is 11.1. The summed E-state index contributed by atoms with van der Waals surface area (Å²) in [5.74, 6) is 0.243. The van der Waals surface area contributed by atoms with E-state index in [1.807, 2.05) is 0 Å². The average Bonchev–Trinajstić information content (AvgIpc) is 3.20. The molecule has 10 heteroatoms. The third-order valence-electron chi connectivity index (χ3n) is 5.52. The van der Waals surface area contributed by atoms with Crippen molar-refractivity contribution in [3.63, 3.8) is 0 Å². The van der Waals surface area contributed by atoms with Crippen molar-refractivity contribution in [1.82, 2.24) is 0 Å². The zero-order valence-electron chi connectivity index (χ0n) is 17.9. The number of hydrogen-bond donors (Lipinski definition) is 0. The van der Waals surface area contributed by atoms with Crippen LogP contribution < -0.4 is 14.4 Å². The fourth-order valence-electron chi connectivity index (χ4n) is 3.91. The lowest BCUT2D eigenvalue weighted by atomic mass is 10.1. The maximum atomic E-state index is 14.3. The number of nitrogens with zero attached hydrogens (tertiary/aromatic N) is 2. The van der Waals surface area contributed by atoms with Crippen molar-refractivity contribution in [1.29, 1.82) is 0 Å². The van der Waals surface area contributed by atoms with E-state index in [0.29, 0.717) is 33.5 Å². The summed E-state index contributed by atoms with van der Waals surface area (Å²) in [5.41, 5.74) is 1.68. The van der Waals surface area contributed by atoms with Gasteiger partial charge in [-0.25, -0.2) is 12.8 Å². The van der Waals surface area contributed by atoms with Gasteiger partial charge in [-0.15, -0.1) is 0 Å². The Balaban J connectivity index is 1.63. The summed E-state index contributed by atoms with van der Waals surface area (Å²) in [6.07, 6.45) is 0.0359. The Bertz CT molecular complexity index is 1200. The number of ether oxygens (including phenoxy) is 2. The van der Waals surface area contributed by atoms with Gasteiger partial charge in [-0.3, -0.25) is 4.79 Å². The summed E-state index contributed by atoms with van der Waals surface area (Å²) < 4.78 is 49.1. The molecule has 2 aliphatic heterocycles. The van der Waals surface area contributed by atoms with Crippen LogP contribution in [0.1, 0.15) is 11.1 Å². The molecular formula is C22H23FN2O5S2. The van der Waals surface area contributed by atoms with E-state index in [1.165, 1.54) is 32.0 Å². The van der Waals surface area contributed by atoms with Crippen LogP contribution >= 0.6 is 11.8 Å². The van der Waals surface area contributed by atoms with E-state index >= 15 is 0 Å². The third kappa shape index (κ3) is 4.47. The van der Waals surface area contributed by atoms with Gasteiger partial charge in [0, 0.05) is 10.9 Å². The number of amides is 1. The molecule has 32 heavy (non-hydrogen) atoms. The number of aliphatic imine (C=N–C) groups is 1. The fraction of sp³-hybridized carbons (Fsp3) is 0.364. The molecule has 2 saturated heterocycles. The summed E-state index contributed by atoms with van der Waals surface area (Å²) >= 11 is 1.26. The zero-order chi connectivity index (χ0) is 23.0. The zero-order valence-corrected chi connectivity index (χ0v) is 19.5. The number of fused-ring (bicyclic) bond motifs is 1. The lowest BCUT2D eigenvalue weighted by Gasteiger charge is -2.24. The van der Waals surface area contributed by atoms with E-state index < -0.39 is 15.7 Å². The Morgan fingerprint density at radius 1 is 1.16 bits per heavy atom. The molecule has 2 atom stereocenters. The highest BCUT2D eigenvalue weighted by molar-refractivity contribution is 8.16. The van der Waals surface area contributed by atoms with Crippen LogP contribution in [0.5, 0.6) is 11.5 Å². The molecule has 4 rings (SSSR count). The first-order valence-corrected chi connectivity index (χ1v) is 12.7. The van der Waals surface area contributed by atoms with E-state index in [1.54, 1.807) is 42.2 Å². The van der Waals surface area contributed by atoms with Crippen molar-refractivity contribution in [3.05, 3.63) is 53.3 Å². The highest BCUT2D eigenvalue weighted by Gasteiger charge is 2.49. The van der Waals surface area contributed by atoms with Crippen molar-refractivity contribution in [2.45, 2.75) is 24.6 Å². The third-order valence-corrected chi connectivity index (χ3v) is 8.73. The average molecular weight is 479 g/mol. The van der Waals surface area contributed by atoms with E-state index in [4.69, 9.17) is 9.47 Å². The molecule has 2 heterocycles. The lowest BCUT2D eigenvalue weighted by Crippen LogP contribution is -2.37. The predicted molar refractivity (Wildman–Crippen MR) is 123 cm³/mol. The van der Waals surface area contributed by atoms with E-state index in [-0.39, 0.29) is 35.1 Å². The van der Waals surface area contributed by atoms with Gasteiger partial charge in [0.15, 0.2) is 26.5 Å². The molecule has 2 aliphatic rings. The topological polar surface area (TPSA) is 85.3 Å². The Morgan fingerprint density at radius 3 is 2.59 bits per heavy atom. The first kappa shape index (κ1) is 22.6. The number of anilines is 1. The molecule has 0 bridgehead atoms. The maximum absolute atomic E-state index is 14.3. The molecule has 0 saturated carbocycles. The van der Waals surface area contributed by atoms with Crippen molar-refractivity contribution in [2.75, 3.05) is 30.6 Å². The smallest absolute Gasteiger partial charge is 0.252 e. The Hall–Kier alpha value is -2.59. The van der Waals surface area contributed by atoms with Crippen LogP contribution in [0.3, 0.4) is 0 Å². The number of sulfone groups is 1. The normalized spacial score (nSPS) is 22.8. The van der Waals surface area contributed by atoms with Gasteiger partial charge in [-0.1, -0.05) is 23.9 Å². The first-order valence-electron chi connectivity index (χ1n) is 9.95. The van der Waals surface area contributed by atoms with Crippen molar-refractivity contribution in [2.24, 2.45) is 4.99 Å². The number of methoxy groups -OCH3 is 2. The molecule has 2 fully saturated rings. The largest absolute Gasteiger partial charge is 0.493 e. The molecular weight excluding hydrogens is 455 g/mol. The molecule has 170 valence electrons. The quantitative estimate of drug-likeness (QED) is 0.653. The van der Waals surface area contributed by atoms with Crippen LogP contribution in [0.25, 0.3) is 0 Å². The van der Waals surface area contributed by atoms with Crippen LogP contribution in [-0.4, -0.2) is 56.5 Å². The van der Waals surface area contributed by atoms with Crippen LogP contribution in [0, 0.1) is 12.7 Å². The van der Waals surface area contributed by atoms with Crippen molar-refractivity contribution in [3.8, 4) is 11.5 Å². The number of halogens is 1. The number of aryl methyl sites for hydroxylation is 1. The fourth-order valence-corrected chi connectivity index (χ4v) is 7.84. The van der Waals surface area contributed by atoms with Gasteiger partial charge >= 0.3 is 0 Å². The second-order valence-electron chi connectivity index (χ2n) is 7.76. The Labute approximate surface area is 190 Å². The number of carbonyl (C=O) groups is 1. The summed E-state index contributed by atoms with van der Waals surface area (Å²) in [6.45, 7) is 1.66. The molecule has 2 aromatic rings. The minimum Gasteiger partial charge on any atom is -0.493 e. The SMILES string of the molecule is COc1ccc(CC(=O)N=C2S[C@H]3CS(=O)(=O)C[C@@H]3N2c2ccc(C)c(F)c2)cc1OC. The van der Waals surface area contributed by atoms with Gasteiger partial charge < -0.3 is 14.4 Å². The van der Waals surface area contributed by atoms with Gasteiger partial charge in [0.1, 0.15) is 5.82 Å². The molecule has 7 nitrogen and oxygen atoms in total. The molecule has 0 aromatic heterocycles. The molecule has 2 aromatic carbocycles. The van der Waals surface area contributed by atoms with Crippen LogP contribution in [0.2, 0.25) is 0 Å². The summed E-state index contributed by atoms with van der Waals surface area (Å²) in [4.78, 5) is 18.8. The molecule has 0 aliphatic carbocycles. The second kappa shape index (κ2) is 8.74. The first-order chi connectivity index (χ1) is 15.2. The minimum absolute atomic E-state index is 0.00999. The molecule has 0 spiro atoms. The standard InChI is InChI=1S/C22H23FN2O5S2/c1-13-4-6-15(10-16(13)23)25-17-11-32(27,28)12-20(17)31-22(25)24-21(26)9-14-5-7-18(29-2)19(8-14)30-3/h4-8,10,17,20H,9,11-12H2,1-3H3/t17-,20-/m0/s1. The maximum Gasteiger partial charge on any atom is 0.252 e. The van der Waals surface area contributed by atoms with Gasteiger partial charge in [-0.2, -0.15) is 4.99 Å². The van der Waals surface area contributed by atoms with Crippen LogP contribution in [-0.2, 0) is 21.1 Å². The van der Waals surface area contributed by atoms with Crippen LogP contribution in [0.4, 0.5) is 10.1 Å². The summed E-state index contributed by atoms with van der Waals surface area (Å²) in [7, 11) is -0.150. The number of benzene rings is 2. The van der Waals surface area contributed by atoms with Crippen molar-refractivity contribution >= 4 is 38.4 Å². The van der Waals surface area contributed by atoms with Crippen LogP contribution in [0.15, 0.2) is 41.4 Å². The van der Waals surface area contributed by atoms with Gasteiger partial charge in [-0.05, 0) is 42.3 Å². The number of amidine groups is 1. The van der Waals surface area contributed by atoms with Gasteiger partial charge in [0.25, 0.3) is 5.91 Å².